The van der Waals surface area contributed by atoms with Gasteiger partial charge in [-0.15, -0.1) is 0 Å². The van der Waals surface area contributed by atoms with Gasteiger partial charge in [0.15, 0.2) is 0 Å². The van der Waals surface area contributed by atoms with Gasteiger partial charge in [0.1, 0.15) is 6.04 Å². The van der Waals surface area contributed by atoms with E-state index < -0.39 is 22.2 Å². The highest BCUT2D eigenvalue weighted by Crippen LogP contribution is 2.12. The van der Waals surface area contributed by atoms with E-state index in [1.165, 1.54) is 24.2 Å². The molecule has 0 bridgehead atoms. The van der Waals surface area contributed by atoms with Gasteiger partial charge in [0, 0.05) is 32.5 Å². The van der Waals surface area contributed by atoms with E-state index in [4.69, 9.17) is 9.84 Å². The molecule has 1 aromatic rings. The average molecular weight is 292 g/mol. The predicted octanol–water partition coefficient (Wildman–Crippen LogP) is -1.38. The van der Waals surface area contributed by atoms with Gasteiger partial charge in [0.2, 0.25) is 0 Å². The van der Waals surface area contributed by atoms with E-state index in [2.05, 4.69) is 9.82 Å². The standard InChI is InChI=1S/C9H16N4O5S/c1-13-6-7(5-10-13)8(9(14)15)12-19(16,17)11-3-4-18-2/h5-6,8,11-12H,3-4H2,1-2H3,(H,14,15). The zero-order chi connectivity index (χ0) is 14.5. The number of nitrogens with one attached hydrogen (secondary N) is 2. The van der Waals surface area contributed by atoms with Crippen LogP contribution < -0.4 is 9.44 Å². The molecule has 3 N–H and O–H groups in total. The van der Waals surface area contributed by atoms with Gasteiger partial charge in [-0.1, -0.05) is 0 Å². The van der Waals surface area contributed by atoms with Crippen molar-refractivity contribution in [2.45, 2.75) is 6.04 Å². The molecular weight excluding hydrogens is 276 g/mol. The van der Waals surface area contributed by atoms with Crippen LogP contribution in [0.3, 0.4) is 0 Å². The number of carbonyl (C=O) groups is 1. The molecule has 1 atom stereocenters. The number of methoxy groups -OCH3 is 1. The first kappa shape index (κ1) is 15.6. The number of hydrogen-bond acceptors (Lipinski definition) is 5. The lowest BCUT2D eigenvalue weighted by molar-refractivity contribution is -0.139. The summed E-state index contributed by atoms with van der Waals surface area (Å²) in [7, 11) is -0.902. The second kappa shape index (κ2) is 6.61. The van der Waals surface area contributed by atoms with Gasteiger partial charge in [-0.25, -0.2) is 0 Å². The Kier molecular flexibility index (Phi) is 5.42. The summed E-state index contributed by atoms with van der Waals surface area (Å²) in [6.07, 6.45) is 2.72. The van der Waals surface area contributed by atoms with Crippen LogP contribution in [0.4, 0.5) is 0 Å². The van der Waals surface area contributed by atoms with Crippen LogP contribution in [-0.4, -0.2) is 49.5 Å². The SMILES string of the molecule is COCCNS(=O)(=O)NC(C(=O)O)c1cnn(C)c1. The maximum atomic E-state index is 11.6. The number of aromatic nitrogens is 2. The van der Waals surface area contributed by atoms with Crippen LogP contribution in [0.25, 0.3) is 0 Å². The Balaban J connectivity index is 2.77. The minimum atomic E-state index is -3.93. The minimum absolute atomic E-state index is 0.0468. The number of nitrogens with zero attached hydrogens (tertiary/aromatic N) is 2. The van der Waals surface area contributed by atoms with E-state index in [-0.39, 0.29) is 18.7 Å². The molecule has 19 heavy (non-hydrogen) atoms. The van der Waals surface area contributed by atoms with Gasteiger partial charge >= 0.3 is 5.97 Å². The molecule has 0 aliphatic carbocycles. The van der Waals surface area contributed by atoms with Crippen LogP contribution >= 0.6 is 0 Å². The van der Waals surface area contributed by atoms with Crippen molar-refractivity contribution in [3.8, 4) is 0 Å². The zero-order valence-corrected chi connectivity index (χ0v) is 11.3. The Bertz CT molecular complexity index is 526. The highest BCUT2D eigenvalue weighted by molar-refractivity contribution is 7.87. The number of rotatable bonds is 8. The van der Waals surface area contributed by atoms with Crippen LogP contribution in [-0.2, 0) is 26.8 Å². The predicted molar refractivity (Wildman–Crippen MR) is 65.5 cm³/mol. The van der Waals surface area contributed by atoms with E-state index in [0.717, 1.165) is 0 Å². The Morgan fingerprint density at radius 2 is 2.32 bits per heavy atom. The first-order valence-electron chi connectivity index (χ1n) is 5.33. The van der Waals surface area contributed by atoms with Crippen molar-refractivity contribution < 1.29 is 23.1 Å². The second-order valence-corrected chi connectivity index (χ2v) is 5.26. The molecule has 9 nitrogen and oxygen atoms in total. The van der Waals surface area contributed by atoms with Gasteiger partial charge in [-0.2, -0.15) is 23.0 Å². The van der Waals surface area contributed by atoms with Gasteiger partial charge < -0.3 is 9.84 Å². The number of aryl methyl sites for hydroxylation is 1. The summed E-state index contributed by atoms with van der Waals surface area (Å²) in [6.45, 7) is 0.233. The first-order chi connectivity index (χ1) is 8.85. The number of carboxylic acid groups (broad SMARTS) is 1. The lowest BCUT2D eigenvalue weighted by atomic mass is 10.2. The molecule has 108 valence electrons. The monoisotopic (exact) mass is 292 g/mol. The molecule has 0 spiro atoms. The van der Waals surface area contributed by atoms with Crippen LogP contribution in [0.5, 0.6) is 0 Å². The Morgan fingerprint density at radius 3 is 2.79 bits per heavy atom. The Morgan fingerprint density at radius 1 is 1.63 bits per heavy atom. The topological polar surface area (TPSA) is 123 Å². The van der Waals surface area contributed by atoms with Crippen LogP contribution in [0, 0.1) is 0 Å². The number of aliphatic carboxylic acids is 1. The van der Waals surface area contributed by atoms with Crippen LogP contribution in [0.2, 0.25) is 0 Å². The van der Waals surface area contributed by atoms with Crippen molar-refractivity contribution in [3.63, 3.8) is 0 Å². The fourth-order valence-corrected chi connectivity index (χ4v) is 2.31. The molecule has 0 saturated heterocycles. The molecule has 0 amide bonds. The van der Waals surface area contributed by atoms with E-state index in [1.54, 1.807) is 7.05 Å². The van der Waals surface area contributed by atoms with Crippen LogP contribution in [0.1, 0.15) is 11.6 Å². The third-order valence-electron chi connectivity index (χ3n) is 2.18. The lowest BCUT2D eigenvalue weighted by Crippen LogP contribution is -2.42. The maximum Gasteiger partial charge on any atom is 0.326 e. The molecule has 0 aliphatic rings. The number of ether oxygens (including phenoxy) is 1. The van der Waals surface area contributed by atoms with E-state index >= 15 is 0 Å². The van der Waals surface area contributed by atoms with Crippen molar-refractivity contribution in [3.05, 3.63) is 18.0 Å². The van der Waals surface area contributed by atoms with Gasteiger partial charge in [-0.3, -0.25) is 9.48 Å². The molecule has 10 heteroatoms. The molecule has 0 aliphatic heterocycles. The molecule has 0 saturated carbocycles. The van der Waals surface area contributed by atoms with Crippen molar-refractivity contribution in [2.75, 3.05) is 20.3 Å². The van der Waals surface area contributed by atoms with Crippen molar-refractivity contribution in [1.82, 2.24) is 19.2 Å². The number of carboxylic acids is 1. The third kappa shape index (κ3) is 4.95. The summed E-state index contributed by atoms with van der Waals surface area (Å²) >= 11 is 0. The summed E-state index contributed by atoms with van der Waals surface area (Å²) in [6, 6.07) is -1.39. The Hall–Kier alpha value is -1.49. The lowest BCUT2D eigenvalue weighted by Gasteiger charge is -2.13. The second-order valence-electron chi connectivity index (χ2n) is 3.73. The Labute approximate surface area is 110 Å². The third-order valence-corrected chi connectivity index (χ3v) is 3.31. The average Bonchev–Trinajstić information content (AvgIpc) is 2.72. The van der Waals surface area contributed by atoms with E-state index in [1.807, 2.05) is 4.72 Å². The van der Waals surface area contributed by atoms with Crippen molar-refractivity contribution >= 4 is 16.2 Å². The van der Waals surface area contributed by atoms with Crippen LogP contribution in [0.15, 0.2) is 12.4 Å². The van der Waals surface area contributed by atoms with Gasteiger partial charge in [-0.05, 0) is 0 Å². The molecule has 0 aromatic carbocycles. The summed E-state index contributed by atoms with van der Waals surface area (Å²) in [5.41, 5.74) is 0.243. The quantitative estimate of drug-likeness (QED) is 0.507. The summed E-state index contributed by atoms with van der Waals surface area (Å²) in [4.78, 5) is 11.1. The smallest absolute Gasteiger partial charge is 0.326 e. The van der Waals surface area contributed by atoms with E-state index in [9.17, 15) is 13.2 Å². The van der Waals surface area contributed by atoms with Gasteiger partial charge in [0.05, 0.1) is 12.8 Å². The normalized spacial score (nSPS) is 13.4. The summed E-state index contributed by atoms with van der Waals surface area (Å²) < 4.78 is 33.5. The highest BCUT2D eigenvalue weighted by Gasteiger charge is 2.26. The molecule has 0 fully saturated rings. The maximum absolute atomic E-state index is 11.6. The zero-order valence-electron chi connectivity index (χ0n) is 10.5. The van der Waals surface area contributed by atoms with Gasteiger partial charge in [0.25, 0.3) is 10.2 Å². The first-order valence-corrected chi connectivity index (χ1v) is 6.81. The molecular formula is C9H16N4O5S. The summed E-state index contributed by atoms with van der Waals surface area (Å²) in [5.74, 6) is -1.31. The number of hydrogen-bond donors (Lipinski definition) is 3. The molecule has 1 unspecified atom stereocenters. The highest BCUT2D eigenvalue weighted by atomic mass is 32.2. The fourth-order valence-electron chi connectivity index (χ4n) is 1.33. The molecule has 1 rings (SSSR count). The fraction of sp³-hybridized carbons (Fsp3) is 0.556. The van der Waals surface area contributed by atoms with Crippen molar-refractivity contribution in [2.24, 2.45) is 7.05 Å². The molecule has 1 heterocycles. The molecule has 0 radical (unpaired) electrons. The summed E-state index contributed by atoms with van der Waals surface area (Å²) in [5, 5.41) is 12.9. The molecule has 1 aromatic heterocycles. The minimum Gasteiger partial charge on any atom is -0.480 e. The van der Waals surface area contributed by atoms with E-state index in [0.29, 0.717) is 0 Å². The van der Waals surface area contributed by atoms with Crippen molar-refractivity contribution in [1.29, 1.82) is 0 Å². The largest absolute Gasteiger partial charge is 0.480 e.